The van der Waals surface area contributed by atoms with E-state index in [-0.39, 0.29) is 30.2 Å². The number of halogens is 2. The lowest BCUT2D eigenvalue weighted by Crippen LogP contribution is -2.40. The average Bonchev–Trinajstić information content (AvgIpc) is 3.39. The maximum absolute atomic E-state index is 14.2. The van der Waals surface area contributed by atoms with Crippen molar-refractivity contribution in [2.75, 3.05) is 13.2 Å². The van der Waals surface area contributed by atoms with Crippen LogP contribution in [0.3, 0.4) is 0 Å². The molecule has 2 heterocycles. The van der Waals surface area contributed by atoms with Crippen LogP contribution in [0, 0.1) is 5.82 Å². The van der Waals surface area contributed by atoms with Crippen LogP contribution in [-0.4, -0.2) is 23.8 Å². The molecular formula is C37H30ClFN2O5S. The second kappa shape index (κ2) is 14.2. The molecule has 47 heavy (non-hydrogen) atoms. The fourth-order valence-electron chi connectivity index (χ4n) is 5.33. The van der Waals surface area contributed by atoms with Crippen molar-refractivity contribution in [2.24, 2.45) is 4.99 Å². The molecular weight excluding hydrogens is 639 g/mol. The smallest absolute Gasteiger partial charge is 0.338 e. The van der Waals surface area contributed by atoms with Gasteiger partial charge in [0.05, 0.1) is 35.1 Å². The van der Waals surface area contributed by atoms with Gasteiger partial charge < -0.3 is 14.2 Å². The lowest BCUT2D eigenvalue weighted by molar-refractivity contribution is -0.138. The molecule has 7 nitrogen and oxygen atoms in total. The minimum absolute atomic E-state index is 0.0297. The van der Waals surface area contributed by atoms with Crippen LogP contribution in [0.2, 0.25) is 5.02 Å². The van der Waals surface area contributed by atoms with Crippen LogP contribution in [-0.2, 0) is 16.1 Å². The molecule has 0 radical (unpaired) electrons. The second-order valence-electron chi connectivity index (χ2n) is 10.5. The van der Waals surface area contributed by atoms with E-state index in [0.717, 1.165) is 5.56 Å². The van der Waals surface area contributed by atoms with E-state index in [4.69, 9.17) is 30.8 Å². The Morgan fingerprint density at radius 2 is 1.68 bits per heavy atom. The van der Waals surface area contributed by atoms with Gasteiger partial charge in [0, 0.05) is 16.1 Å². The van der Waals surface area contributed by atoms with Crippen LogP contribution in [0.1, 0.15) is 42.1 Å². The zero-order valence-corrected chi connectivity index (χ0v) is 27.2. The summed E-state index contributed by atoms with van der Waals surface area (Å²) in [4.78, 5) is 33.1. The molecule has 10 heteroatoms. The van der Waals surface area contributed by atoms with Gasteiger partial charge in [-0.05, 0) is 61.4 Å². The van der Waals surface area contributed by atoms with Crippen molar-refractivity contribution < 1.29 is 23.4 Å². The highest BCUT2D eigenvalue weighted by Crippen LogP contribution is 2.36. The summed E-state index contributed by atoms with van der Waals surface area (Å²) in [5.74, 6) is -0.00374. The Kier molecular flexibility index (Phi) is 9.65. The molecule has 0 saturated carbocycles. The first-order valence-corrected chi connectivity index (χ1v) is 16.2. The third-order valence-corrected chi connectivity index (χ3v) is 8.70. The van der Waals surface area contributed by atoms with Gasteiger partial charge in [-0.2, -0.15) is 0 Å². The summed E-state index contributed by atoms with van der Waals surface area (Å²) in [6.45, 7) is 4.15. The Morgan fingerprint density at radius 1 is 0.936 bits per heavy atom. The highest BCUT2D eigenvalue weighted by Gasteiger charge is 2.35. The maximum Gasteiger partial charge on any atom is 0.338 e. The molecule has 6 rings (SSSR count). The van der Waals surface area contributed by atoms with Gasteiger partial charge in [-0.15, -0.1) is 0 Å². The van der Waals surface area contributed by atoms with Crippen molar-refractivity contribution in [3.63, 3.8) is 0 Å². The molecule has 1 aliphatic heterocycles. The molecule has 0 spiro atoms. The molecule has 1 aliphatic rings. The Balaban J connectivity index is 1.48. The first-order chi connectivity index (χ1) is 22.9. The SMILES string of the molecule is CCOC(=O)C1=C(c2ccccc2)N=c2s/c(=C\c3ccc(OCc4ccccc4F)c(OCC)c3)c(=O)n2[C@@H]1c1ccc(Cl)cc1. The fourth-order valence-corrected chi connectivity index (χ4v) is 6.45. The zero-order valence-electron chi connectivity index (χ0n) is 25.6. The van der Waals surface area contributed by atoms with Gasteiger partial charge >= 0.3 is 5.97 Å². The van der Waals surface area contributed by atoms with Crippen molar-refractivity contribution in [3.05, 3.63) is 155 Å². The Morgan fingerprint density at radius 3 is 2.40 bits per heavy atom. The lowest BCUT2D eigenvalue weighted by Gasteiger charge is -2.25. The highest BCUT2D eigenvalue weighted by molar-refractivity contribution is 7.07. The molecule has 1 atom stereocenters. The molecule has 5 aromatic rings. The number of carbonyl (C=O) groups is 1. The fraction of sp³-hybridized carbons (Fsp3) is 0.162. The van der Waals surface area contributed by atoms with Gasteiger partial charge in [0.2, 0.25) is 0 Å². The number of nitrogens with zero attached hydrogens (tertiary/aromatic N) is 2. The molecule has 0 fully saturated rings. The van der Waals surface area contributed by atoms with Crippen LogP contribution in [0.25, 0.3) is 11.8 Å². The minimum Gasteiger partial charge on any atom is -0.490 e. The zero-order chi connectivity index (χ0) is 32.9. The normalized spacial score (nSPS) is 14.4. The number of carbonyl (C=O) groups excluding carboxylic acids is 1. The molecule has 1 aromatic heterocycles. The average molecular weight is 669 g/mol. The maximum atomic E-state index is 14.2. The minimum atomic E-state index is -0.812. The standard InChI is InChI=1S/C37H30ClFN2O5S/c1-3-44-30-20-23(14-19-29(30)46-22-26-12-8-9-13-28(26)39)21-31-35(42)41-34(25-15-17-27(38)18-16-25)32(36(43)45-4-2)33(40-37(41)47-31)24-10-6-5-7-11-24/h5-21,34H,3-4,22H2,1-2H3/b31-21-/t34-/m1/s1. The van der Waals surface area contributed by atoms with Crippen LogP contribution in [0.15, 0.2) is 112 Å². The van der Waals surface area contributed by atoms with Crippen LogP contribution in [0.5, 0.6) is 11.5 Å². The van der Waals surface area contributed by atoms with E-state index >= 15 is 0 Å². The summed E-state index contributed by atoms with van der Waals surface area (Å²) in [7, 11) is 0. The second-order valence-corrected chi connectivity index (χ2v) is 11.9. The number of fused-ring (bicyclic) bond motifs is 1. The van der Waals surface area contributed by atoms with E-state index in [0.29, 0.717) is 54.8 Å². The molecule has 4 aromatic carbocycles. The van der Waals surface area contributed by atoms with Crippen LogP contribution >= 0.6 is 22.9 Å². The Hall–Kier alpha value is -4.99. The summed E-state index contributed by atoms with van der Waals surface area (Å²) in [6.07, 6.45) is 1.75. The summed E-state index contributed by atoms with van der Waals surface area (Å²) >= 11 is 7.44. The van der Waals surface area contributed by atoms with Crippen LogP contribution in [0.4, 0.5) is 4.39 Å². The molecule has 238 valence electrons. The van der Waals surface area contributed by atoms with Crippen molar-refractivity contribution in [2.45, 2.75) is 26.5 Å². The molecule has 0 unspecified atom stereocenters. The first-order valence-electron chi connectivity index (χ1n) is 15.0. The van der Waals surface area contributed by atoms with Crippen molar-refractivity contribution >= 4 is 40.7 Å². The predicted molar refractivity (Wildman–Crippen MR) is 181 cm³/mol. The highest BCUT2D eigenvalue weighted by atomic mass is 35.5. The van der Waals surface area contributed by atoms with Gasteiger partial charge in [0.25, 0.3) is 5.56 Å². The van der Waals surface area contributed by atoms with Gasteiger partial charge in [-0.1, -0.05) is 89.7 Å². The molecule has 0 N–H and O–H groups in total. The van der Waals surface area contributed by atoms with Crippen LogP contribution < -0.4 is 24.4 Å². The van der Waals surface area contributed by atoms with E-state index in [2.05, 4.69) is 0 Å². The quantitative estimate of drug-likeness (QED) is 0.155. The molecule has 0 amide bonds. The Labute approximate surface area is 279 Å². The number of benzene rings is 4. The van der Waals surface area contributed by atoms with Crippen molar-refractivity contribution in [3.8, 4) is 11.5 Å². The third kappa shape index (κ3) is 6.77. The Bertz CT molecular complexity index is 2140. The van der Waals surface area contributed by atoms with Gasteiger partial charge in [0.15, 0.2) is 16.3 Å². The number of aromatic nitrogens is 1. The summed E-state index contributed by atoms with van der Waals surface area (Å²) < 4.78 is 33.4. The number of thiazole rings is 1. The van der Waals surface area contributed by atoms with E-state index in [1.807, 2.05) is 37.3 Å². The van der Waals surface area contributed by atoms with Gasteiger partial charge in [-0.25, -0.2) is 14.2 Å². The predicted octanol–water partition coefficient (Wildman–Crippen LogP) is 6.71. The van der Waals surface area contributed by atoms with Crippen molar-refractivity contribution in [1.82, 2.24) is 4.57 Å². The van der Waals surface area contributed by atoms with E-state index in [1.165, 1.54) is 22.0 Å². The van der Waals surface area contributed by atoms with Gasteiger partial charge in [0.1, 0.15) is 12.4 Å². The molecule has 0 aliphatic carbocycles. The van der Waals surface area contributed by atoms with E-state index in [1.54, 1.807) is 73.7 Å². The topological polar surface area (TPSA) is 79.1 Å². The summed E-state index contributed by atoms with van der Waals surface area (Å²) in [6, 6.07) is 27.3. The number of hydrogen-bond donors (Lipinski definition) is 0. The summed E-state index contributed by atoms with van der Waals surface area (Å²) in [5.41, 5.74) is 2.89. The lowest BCUT2D eigenvalue weighted by atomic mass is 9.93. The molecule has 0 saturated heterocycles. The molecule has 0 bridgehead atoms. The number of rotatable bonds is 10. The summed E-state index contributed by atoms with van der Waals surface area (Å²) in [5, 5.41) is 0.525. The third-order valence-electron chi connectivity index (χ3n) is 7.47. The van der Waals surface area contributed by atoms with Gasteiger partial charge in [-0.3, -0.25) is 9.36 Å². The van der Waals surface area contributed by atoms with E-state index < -0.39 is 12.0 Å². The van der Waals surface area contributed by atoms with Crippen molar-refractivity contribution in [1.29, 1.82) is 0 Å². The monoisotopic (exact) mass is 668 g/mol. The number of hydrogen-bond acceptors (Lipinski definition) is 7. The first kappa shape index (κ1) is 32.0. The number of ether oxygens (including phenoxy) is 3. The van der Waals surface area contributed by atoms with E-state index in [9.17, 15) is 14.0 Å². The largest absolute Gasteiger partial charge is 0.490 e. The number of esters is 1.